The Hall–Kier alpha value is -1.08. The Morgan fingerprint density at radius 1 is 1.90 bits per heavy atom. The molecule has 0 saturated heterocycles. The van der Waals surface area contributed by atoms with Crippen LogP contribution in [0.4, 0.5) is 0 Å². The first kappa shape index (κ1) is 8.92. The average Bonchev–Trinajstić information content (AvgIpc) is 1.89. The van der Waals surface area contributed by atoms with Gasteiger partial charge in [0.05, 0.1) is 12.7 Å². The molecule has 10 heavy (non-hydrogen) atoms. The number of carboxylic acid groups (broad SMARTS) is 1. The van der Waals surface area contributed by atoms with Gasteiger partial charge < -0.3 is 9.84 Å². The van der Waals surface area contributed by atoms with Crippen LogP contribution in [0.25, 0.3) is 0 Å². The topological polar surface area (TPSA) is 70.3 Å². The van der Waals surface area contributed by atoms with Crippen molar-refractivity contribution in [3.8, 4) is 6.07 Å². The van der Waals surface area contributed by atoms with E-state index in [0.717, 1.165) is 0 Å². The van der Waals surface area contributed by atoms with E-state index in [4.69, 9.17) is 10.4 Å². The number of rotatable bonds is 4. The second-order valence-corrected chi connectivity index (χ2v) is 1.59. The number of nitriles is 1. The van der Waals surface area contributed by atoms with Crippen LogP contribution in [0.15, 0.2) is 0 Å². The van der Waals surface area contributed by atoms with E-state index in [0.29, 0.717) is 0 Å². The molecule has 0 aliphatic carbocycles. The molecule has 0 fully saturated rings. The highest BCUT2D eigenvalue weighted by atomic mass is 16.5. The van der Waals surface area contributed by atoms with E-state index in [1.807, 2.05) is 0 Å². The van der Waals surface area contributed by atoms with Crippen LogP contribution in [0.1, 0.15) is 0 Å². The lowest BCUT2D eigenvalue weighted by molar-refractivity contribution is -0.141. The fraction of sp³-hybridized carbons (Fsp3) is 0.500. The first-order chi connectivity index (χ1) is 4.72. The van der Waals surface area contributed by atoms with Crippen LogP contribution < -0.4 is 0 Å². The van der Waals surface area contributed by atoms with Crippen LogP contribution in [-0.2, 0) is 9.53 Å². The molecule has 1 N–H and O–H groups in total. The number of carbonyl (C=O) groups is 1. The minimum Gasteiger partial charge on any atom is -0.480 e. The molecule has 4 heteroatoms. The van der Waals surface area contributed by atoms with E-state index in [1.54, 1.807) is 6.07 Å². The molecule has 0 heterocycles. The van der Waals surface area contributed by atoms with Crippen molar-refractivity contribution in [1.82, 2.24) is 0 Å². The Bertz CT molecular complexity index is 150. The third-order valence-electron chi connectivity index (χ3n) is 0.883. The van der Waals surface area contributed by atoms with E-state index in [2.05, 4.69) is 11.7 Å². The summed E-state index contributed by atoms with van der Waals surface area (Å²) in [7, 11) is 0. The summed E-state index contributed by atoms with van der Waals surface area (Å²) < 4.78 is 4.63. The molecule has 1 radical (unpaired) electrons. The Kier molecular flexibility index (Phi) is 4.25. The van der Waals surface area contributed by atoms with Gasteiger partial charge in [-0.25, -0.2) is 0 Å². The van der Waals surface area contributed by atoms with Gasteiger partial charge in [0.15, 0.2) is 5.92 Å². The molecule has 1 atom stereocenters. The Balaban J connectivity index is 3.64. The Morgan fingerprint density at radius 2 is 2.50 bits per heavy atom. The van der Waals surface area contributed by atoms with Gasteiger partial charge in [0.2, 0.25) is 0 Å². The molecule has 1 unspecified atom stereocenters. The third kappa shape index (κ3) is 3.05. The molecule has 0 aliphatic rings. The van der Waals surface area contributed by atoms with Gasteiger partial charge in [-0.05, 0) is 6.92 Å². The monoisotopic (exact) mass is 142 g/mol. The summed E-state index contributed by atoms with van der Waals surface area (Å²) in [6.07, 6.45) is 0. The van der Waals surface area contributed by atoms with Gasteiger partial charge in [0, 0.05) is 6.61 Å². The molecule has 55 valence electrons. The SMILES string of the molecule is [CH2]COCC(C#N)C(=O)O. The van der Waals surface area contributed by atoms with E-state index < -0.39 is 11.9 Å². The molecular formula is C6H8NO3. The largest absolute Gasteiger partial charge is 0.480 e. The zero-order valence-corrected chi connectivity index (χ0v) is 5.41. The first-order valence-corrected chi connectivity index (χ1v) is 2.71. The number of hydrogen-bond donors (Lipinski definition) is 1. The summed E-state index contributed by atoms with van der Waals surface area (Å²) >= 11 is 0. The van der Waals surface area contributed by atoms with E-state index >= 15 is 0 Å². The van der Waals surface area contributed by atoms with Crippen molar-refractivity contribution < 1.29 is 14.6 Å². The van der Waals surface area contributed by atoms with Gasteiger partial charge in [-0.3, -0.25) is 4.79 Å². The Labute approximate surface area is 59.0 Å². The quantitative estimate of drug-likeness (QED) is 0.602. The van der Waals surface area contributed by atoms with Crippen LogP contribution in [-0.4, -0.2) is 24.3 Å². The predicted octanol–water partition coefficient (Wildman–Crippen LogP) is 0.0615. The van der Waals surface area contributed by atoms with Crippen molar-refractivity contribution in [3.63, 3.8) is 0 Å². The van der Waals surface area contributed by atoms with Gasteiger partial charge in [0.25, 0.3) is 0 Å². The molecule has 0 bridgehead atoms. The number of hydrogen-bond acceptors (Lipinski definition) is 3. The first-order valence-electron chi connectivity index (χ1n) is 2.71. The van der Waals surface area contributed by atoms with Crippen molar-refractivity contribution in [3.05, 3.63) is 6.92 Å². The molecule has 0 rings (SSSR count). The predicted molar refractivity (Wildman–Crippen MR) is 32.9 cm³/mol. The maximum atomic E-state index is 10.1. The summed E-state index contributed by atoms with van der Waals surface area (Å²) in [4.78, 5) is 10.1. The van der Waals surface area contributed by atoms with Gasteiger partial charge in [0.1, 0.15) is 0 Å². The van der Waals surface area contributed by atoms with Crippen LogP contribution in [0.3, 0.4) is 0 Å². The summed E-state index contributed by atoms with van der Waals surface area (Å²) in [5.41, 5.74) is 0. The van der Waals surface area contributed by atoms with Gasteiger partial charge in [-0.2, -0.15) is 5.26 Å². The highest BCUT2D eigenvalue weighted by Crippen LogP contribution is 1.94. The van der Waals surface area contributed by atoms with Crippen molar-refractivity contribution in [2.24, 2.45) is 5.92 Å². The van der Waals surface area contributed by atoms with Gasteiger partial charge in [-0.15, -0.1) is 0 Å². The van der Waals surface area contributed by atoms with E-state index in [9.17, 15) is 4.79 Å². The van der Waals surface area contributed by atoms with Crippen LogP contribution in [0.2, 0.25) is 0 Å². The zero-order valence-electron chi connectivity index (χ0n) is 5.41. The lowest BCUT2D eigenvalue weighted by Gasteiger charge is -2.01. The fourth-order valence-electron chi connectivity index (χ4n) is 0.365. The Morgan fingerprint density at radius 3 is 2.80 bits per heavy atom. The molecular weight excluding hydrogens is 134 g/mol. The van der Waals surface area contributed by atoms with E-state index in [1.165, 1.54) is 0 Å². The van der Waals surface area contributed by atoms with E-state index in [-0.39, 0.29) is 13.2 Å². The highest BCUT2D eigenvalue weighted by Gasteiger charge is 2.15. The number of aliphatic carboxylic acids is 1. The smallest absolute Gasteiger partial charge is 0.323 e. The summed E-state index contributed by atoms with van der Waals surface area (Å²) in [6.45, 7) is 3.42. The molecule has 0 aliphatic heterocycles. The lowest BCUT2D eigenvalue weighted by Crippen LogP contribution is -2.17. The maximum absolute atomic E-state index is 10.1. The molecule has 0 aromatic carbocycles. The maximum Gasteiger partial charge on any atom is 0.323 e. The highest BCUT2D eigenvalue weighted by molar-refractivity contribution is 5.72. The fourth-order valence-corrected chi connectivity index (χ4v) is 0.365. The minimum absolute atomic E-state index is 0.0880. The van der Waals surface area contributed by atoms with Crippen LogP contribution in [0, 0.1) is 24.2 Å². The second kappa shape index (κ2) is 4.77. The number of carboxylic acids is 1. The van der Waals surface area contributed by atoms with Crippen molar-refractivity contribution in [1.29, 1.82) is 5.26 Å². The molecule has 4 nitrogen and oxygen atoms in total. The van der Waals surface area contributed by atoms with Crippen molar-refractivity contribution in [2.45, 2.75) is 0 Å². The lowest BCUT2D eigenvalue weighted by atomic mass is 10.2. The number of ether oxygens (including phenoxy) is 1. The standard InChI is InChI=1S/C6H8NO3/c1-2-10-4-5(3-7)6(8)9/h5H,1-2,4H2,(H,8,9). The van der Waals surface area contributed by atoms with Gasteiger partial charge >= 0.3 is 5.97 Å². The molecule has 0 spiro atoms. The third-order valence-corrected chi connectivity index (χ3v) is 0.883. The molecule has 0 aromatic rings. The summed E-state index contributed by atoms with van der Waals surface area (Å²) in [5.74, 6) is -2.22. The van der Waals surface area contributed by atoms with Crippen LogP contribution >= 0.6 is 0 Å². The summed E-state index contributed by atoms with van der Waals surface area (Å²) in [5, 5.41) is 16.5. The normalized spacial score (nSPS) is 12.0. The summed E-state index contributed by atoms with van der Waals surface area (Å²) in [6, 6.07) is 1.58. The van der Waals surface area contributed by atoms with Crippen molar-refractivity contribution >= 4 is 5.97 Å². The molecule has 0 aromatic heterocycles. The second-order valence-electron chi connectivity index (χ2n) is 1.59. The van der Waals surface area contributed by atoms with Crippen LogP contribution in [0.5, 0.6) is 0 Å². The van der Waals surface area contributed by atoms with Crippen molar-refractivity contribution in [2.75, 3.05) is 13.2 Å². The zero-order chi connectivity index (χ0) is 7.98. The average molecular weight is 142 g/mol. The molecule has 0 amide bonds. The number of nitrogens with zero attached hydrogens (tertiary/aromatic N) is 1. The van der Waals surface area contributed by atoms with Gasteiger partial charge in [-0.1, -0.05) is 0 Å². The minimum atomic E-state index is -1.16. The molecule has 0 saturated carbocycles.